The summed E-state index contributed by atoms with van der Waals surface area (Å²) in [5.41, 5.74) is 0.585. The standard InChI is InChI=1S/C15H17BrN2O3/c1-9(2)18-15(19)11(8-17)5-10-6-12(16)7-13(20-3)14(10)21-4/h5-7,9H,1-4H3,(H,18,19)/b11-5-. The molecule has 1 aromatic rings. The second kappa shape index (κ2) is 7.70. The summed E-state index contributed by atoms with van der Waals surface area (Å²) in [7, 11) is 3.03. The number of ether oxygens (including phenoxy) is 2. The highest BCUT2D eigenvalue weighted by molar-refractivity contribution is 9.10. The van der Waals surface area contributed by atoms with Crippen LogP contribution in [0.15, 0.2) is 22.2 Å². The Morgan fingerprint density at radius 1 is 1.38 bits per heavy atom. The van der Waals surface area contributed by atoms with Gasteiger partial charge in [0.25, 0.3) is 5.91 Å². The molecule has 1 N–H and O–H groups in total. The number of halogens is 1. The minimum atomic E-state index is -0.423. The molecule has 5 nitrogen and oxygen atoms in total. The molecule has 1 amide bonds. The Morgan fingerprint density at radius 3 is 2.52 bits per heavy atom. The van der Waals surface area contributed by atoms with Crippen LogP contribution in [-0.4, -0.2) is 26.2 Å². The van der Waals surface area contributed by atoms with Gasteiger partial charge in [-0.25, -0.2) is 0 Å². The third-order valence-electron chi connectivity index (χ3n) is 2.56. The zero-order valence-corrected chi connectivity index (χ0v) is 13.9. The number of carbonyl (C=O) groups excluding carboxylic acids is 1. The van der Waals surface area contributed by atoms with Crippen molar-refractivity contribution in [3.05, 3.63) is 27.7 Å². The van der Waals surface area contributed by atoms with Gasteiger partial charge < -0.3 is 14.8 Å². The van der Waals surface area contributed by atoms with E-state index in [1.165, 1.54) is 20.3 Å². The molecule has 0 heterocycles. The molecule has 0 bridgehead atoms. The third kappa shape index (κ3) is 4.50. The Kier molecular flexibility index (Phi) is 6.25. The summed E-state index contributed by atoms with van der Waals surface area (Å²) in [4.78, 5) is 11.9. The summed E-state index contributed by atoms with van der Waals surface area (Å²) in [6, 6.07) is 5.35. The van der Waals surface area contributed by atoms with Gasteiger partial charge in [0, 0.05) is 16.1 Å². The van der Waals surface area contributed by atoms with Gasteiger partial charge in [-0.2, -0.15) is 5.26 Å². The normalized spacial score (nSPS) is 11.0. The maximum atomic E-state index is 11.9. The number of nitrogens with one attached hydrogen (secondary N) is 1. The fourth-order valence-electron chi connectivity index (χ4n) is 1.71. The van der Waals surface area contributed by atoms with Crippen LogP contribution in [0.2, 0.25) is 0 Å². The molecule has 6 heteroatoms. The Morgan fingerprint density at radius 2 is 2.05 bits per heavy atom. The van der Waals surface area contributed by atoms with Crippen LogP contribution in [0.4, 0.5) is 0 Å². The van der Waals surface area contributed by atoms with Crippen LogP contribution >= 0.6 is 15.9 Å². The average molecular weight is 353 g/mol. The van der Waals surface area contributed by atoms with Gasteiger partial charge in [-0.3, -0.25) is 4.79 Å². The van der Waals surface area contributed by atoms with Crippen LogP contribution in [0.1, 0.15) is 19.4 Å². The molecule has 21 heavy (non-hydrogen) atoms. The van der Waals surface area contributed by atoms with Crippen LogP contribution in [-0.2, 0) is 4.79 Å². The van der Waals surface area contributed by atoms with Crippen LogP contribution in [0.25, 0.3) is 6.08 Å². The number of hydrogen-bond donors (Lipinski definition) is 1. The van der Waals surface area contributed by atoms with Crippen molar-refractivity contribution < 1.29 is 14.3 Å². The van der Waals surface area contributed by atoms with E-state index in [1.54, 1.807) is 12.1 Å². The predicted molar refractivity (Wildman–Crippen MR) is 84.1 cm³/mol. The first kappa shape index (κ1) is 17.1. The molecule has 0 saturated heterocycles. The van der Waals surface area contributed by atoms with Crippen molar-refractivity contribution in [2.24, 2.45) is 0 Å². The number of carbonyl (C=O) groups is 1. The summed E-state index contributed by atoms with van der Waals surface area (Å²) >= 11 is 3.36. The highest BCUT2D eigenvalue weighted by Crippen LogP contribution is 2.35. The molecule has 0 aromatic heterocycles. The van der Waals surface area contributed by atoms with Crippen molar-refractivity contribution in [2.75, 3.05) is 14.2 Å². The molecule has 0 atom stereocenters. The van der Waals surface area contributed by atoms with Crippen molar-refractivity contribution >= 4 is 27.9 Å². The summed E-state index contributed by atoms with van der Waals surface area (Å²) in [5, 5.41) is 11.8. The number of methoxy groups -OCH3 is 2. The number of rotatable bonds is 5. The maximum absolute atomic E-state index is 11.9. The first-order chi connectivity index (χ1) is 9.92. The Hall–Kier alpha value is -2.00. The van der Waals surface area contributed by atoms with E-state index in [-0.39, 0.29) is 11.6 Å². The minimum absolute atomic E-state index is 0.00199. The number of nitriles is 1. The Bertz CT molecular complexity index is 604. The Balaban J connectivity index is 3.32. The first-order valence-electron chi connectivity index (χ1n) is 6.27. The van der Waals surface area contributed by atoms with Gasteiger partial charge in [0.15, 0.2) is 11.5 Å². The highest BCUT2D eigenvalue weighted by atomic mass is 79.9. The lowest BCUT2D eigenvalue weighted by atomic mass is 10.1. The smallest absolute Gasteiger partial charge is 0.262 e. The van der Waals surface area contributed by atoms with Crippen LogP contribution in [0.3, 0.4) is 0 Å². The quantitative estimate of drug-likeness (QED) is 0.653. The summed E-state index contributed by atoms with van der Waals surface area (Å²) < 4.78 is 11.3. The van der Waals surface area contributed by atoms with Gasteiger partial charge in [-0.15, -0.1) is 0 Å². The van der Waals surface area contributed by atoms with Gasteiger partial charge in [0.05, 0.1) is 14.2 Å². The summed E-state index contributed by atoms with van der Waals surface area (Å²) in [6.07, 6.45) is 1.48. The zero-order chi connectivity index (χ0) is 16.0. The molecule has 0 unspecified atom stereocenters. The second-order valence-electron chi connectivity index (χ2n) is 4.53. The van der Waals surface area contributed by atoms with E-state index in [1.807, 2.05) is 19.9 Å². The SMILES string of the molecule is COc1cc(Br)cc(/C=C(/C#N)C(=O)NC(C)C)c1OC. The van der Waals surface area contributed by atoms with Crippen LogP contribution in [0, 0.1) is 11.3 Å². The van der Waals surface area contributed by atoms with Crippen molar-refractivity contribution in [1.82, 2.24) is 5.32 Å². The number of nitrogens with zero attached hydrogens (tertiary/aromatic N) is 1. The maximum Gasteiger partial charge on any atom is 0.262 e. The number of benzene rings is 1. The largest absolute Gasteiger partial charge is 0.493 e. The molecule has 1 aromatic carbocycles. The van der Waals surface area contributed by atoms with Crippen LogP contribution in [0.5, 0.6) is 11.5 Å². The van der Waals surface area contributed by atoms with E-state index in [0.717, 1.165) is 4.47 Å². The molecule has 112 valence electrons. The summed E-state index contributed by atoms with van der Waals surface area (Å²) in [5.74, 6) is 0.555. The summed E-state index contributed by atoms with van der Waals surface area (Å²) in [6.45, 7) is 3.66. The number of hydrogen-bond acceptors (Lipinski definition) is 4. The van der Waals surface area contributed by atoms with Gasteiger partial charge >= 0.3 is 0 Å². The van der Waals surface area contributed by atoms with E-state index < -0.39 is 5.91 Å². The van der Waals surface area contributed by atoms with Crippen LogP contribution < -0.4 is 14.8 Å². The molecule has 1 rings (SSSR count). The molecule has 0 saturated carbocycles. The van der Waals surface area contributed by atoms with E-state index in [4.69, 9.17) is 14.7 Å². The van der Waals surface area contributed by atoms with E-state index in [9.17, 15) is 4.79 Å². The van der Waals surface area contributed by atoms with Gasteiger partial charge in [-0.05, 0) is 32.1 Å². The minimum Gasteiger partial charge on any atom is -0.493 e. The molecular formula is C15H17BrN2O3. The fraction of sp³-hybridized carbons (Fsp3) is 0.333. The highest BCUT2D eigenvalue weighted by Gasteiger charge is 2.14. The molecule has 0 radical (unpaired) electrons. The van der Waals surface area contributed by atoms with Crippen molar-refractivity contribution in [3.8, 4) is 17.6 Å². The lowest BCUT2D eigenvalue weighted by molar-refractivity contribution is -0.117. The Labute approximate surface area is 132 Å². The van der Waals surface area contributed by atoms with Gasteiger partial charge in [-0.1, -0.05) is 15.9 Å². The molecule has 0 aliphatic rings. The van der Waals surface area contributed by atoms with E-state index in [2.05, 4.69) is 21.2 Å². The zero-order valence-electron chi connectivity index (χ0n) is 12.4. The topological polar surface area (TPSA) is 71.3 Å². The van der Waals surface area contributed by atoms with Crippen molar-refractivity contribution in [2.45, 2.75) is 19.9 Å². The molecule has 0 aliphatic heterocycles. The first-order valence-corrected chi connectivity index (χ1v) is 7.06. The van der Waals surface area contributed by atoms with Crippen molar-refractivity contribution in [1.29, 1.82) is 5.26 Å². The second-order valence-corrected chi connectivity index (χ2v) is 5.44. The third-order valence-corrected chi connectivity index (χ3v) is 3.01. The van der Waals surface area contributed by atoms with E-state index >= 15 is 0 Å². The lowest BCUT2D eigenvalue weighted by Crippen LogP contribution is -2.30. The molecule has 0 aliphatic carbocycles. The predicted octanol–water partition coefficient (Wildman–Crippen LogP) is 2.90. The van der Waals surface area contributed by atoms with E-state index in [0.29, 0.717) is 17.1 Å². The van der Waals surface area contributed by atoms with Gasteiger partial charge in [0.1, 0.15) is 11.6 Å². The molecule has 0 spiro atoms. The number of amides is 1. The lowest BCUT2D eigenvalue weighted by Gasteiger charge is -2.12. The monoisotopic (exact) mass is 352 g/mol. The van der Waals surface area contributed by atoms with Gasteiger partial charge in [0.2, 0.25) is 0 Å². The van der Waals surface area contributed by atoms with Crippen molar-refractivity contribution in [3.63, 3.8) is 0 Å². The molecule has 0 fully saturated rings. The molecular weight excluding hydrogens is 336 g/mol. The average Bonchev–Trinajstić information content (AvgIpc) is 2.42. The fourth-order valence-corrected chi connectivity index (χ4v) is 2.16.